The summed E-state index contributed by atoms with van der Waals surface area (Å²) in [7, 11) is 0. The fourth-order valence-electron chi connectivity index (χ4n) is 0.870. The molecule has 2 nitrogen and oxygen atoms in total. The van der Waals surface area contributed by atoms with Crippen LogP contribution in [0.25, 0.3) is 0 Å². The summed E-state index contributed by atoms with van der Waals surface area (Å²) in [4.78, 5) is 11.5. The number of rotatable bonds is 3. The molecule has 0 aliphatic carbocycles. The van der Waals surface area contributed by atoms with Crippen molar-refractivity contribution >= 4 is 24.2 Å². The molecule has 0 saturated carbocycles. The standard InChI is InChI=1S/C9H8F3NOS/c10-7(8(11)12)9(14)13-5-1-3-6(15)4-2-5/h1-4,7-8,15H,(H,13,14). The molecule has 15 heavy (non-hydrogen) atoms. The van der Waals surface area contributed by atoms with Crippen molar-refractivity contribution < 1.29 is 18.0 Å². The first kappa shape index (κ1) is 11.9. The normalized spacial score (nSPS) is 12.6. The van der Waals surface area contributed by atoms with Crippen LogP contribution >= 0.6 is 12.6 Å². The molecule has 0 aliphatic rings. The molecular formula is C9H8F3NOS. The number of amides is 1. The molecule has 0 saturated heterocycles. The van der Waals surface area contributed by atoms with Gasteiger partial charge in [0, 0.05) is 10.6 Å². The summed E-state index contributed by atoms with van der Waals surface area (Å²) < 4.78 is 36.1. The maximum Gasteiger partial charge on any atom is 0.278 e. The number of anilines is 1. The molecule has 1 N–H and O–H groups in total. The molecule has 82 valence electrons. The second-order valence-electron chi connectivity index (χ2n) is 2.77. The van der Waals surface area contributed by atoms with E-state index in [1.807, 2.05) is 5.32 Å². The number of nitrogens with one attached hydrogen (secondary N) is 1. The molecule has 1 unspecified atom stereocenters. The zero-order valence-corrected chi connectivity index (χ0v) is 8.35. The van der Waals surface area contributed by atoms with Gasteiger partial charge in [-0.3, -0.25) is 4.79 Å². The fraction of sp³-hybridized carbons (Fsp3) is 0.222. The second kappa shape index (κ2) is 5.06. The van der Waals surface area contributed by atoms with Crippen molar-refractivity contribution in [1.29, 1.82) is 0 Å². The lowest BCUT2D eigenvalue weighted by molar-refractivity contribution is -0.125. The van der Waals surface area contributed by atoms with Crippen LogP contribution in [0.5, 0.6) is 0 Å². The van der Waals surface area contributed by atoms with Gasteiger partial charge in [0.15, 0.2) is 0 Å². The van der Waals surface area contributed by atoms with Crippen LogP contribution in [0.4, 0.5) is 18.9 Å². The molecular weight excluding hydrogens is 227 g/mol. The Morgan fingerprint density at radius 1 is 1.20 bits per heavy atom. The van der Waals surface area contributed by atoms with Crippen LogP contribution in [-0.2, 0) is 4.79 Å². The van der Waals surface area contributed by atoms with Gasteiger partial charge >= 0.3 is 0 Å². The maximum absolute atomic E-state index is 12.5. The molecule has 0 fully saturated rings. The molecule has 1 amide bonds. The minimum Gasteiger partial charge on any atom is -0.323 e. The van der Waals surface area contributed by atoms with Crippen molar-refractivity contribution in [1.82, 2.24) is 0 Å². The number of alkyl halides is 3. The van der Waals surface area contributed by atoms with Gasteiger partial charge in [-0.15, -0.1) is 12.6 Å². The topological polar surface area (TPSA) is 29.1 Å². The van der Waals surface area contributed by atoms with Gasteiger partial charge in [-0.25, -0.2) is 13.2 Å². The van der Waals surface area contributed by atoms with E-state index in [0.29, 0.717) is 4.90 Å². The monoisotopic (exact) mass is 235 g/mol. The van der Waals surface area contributed by atoms with E-state index in [1.54, 1.807) is 12.1 Å². The molecule has 1 aromatic carbocycles. The van der Waals surface area contributed by atoms with Crippen LogP contribution in [0.2, 0.25) is 0 Å². The molecule has 0 heterocycles. The first-order chi connectivity index (χ1) is 7.00. The van der Waals surface area contributed by atoms with Gasteiger partial charge in [-0.1, -0.05) is 0 Å². The van der Waals surface area contributed by atoms with E-state index >= 15 is 0 Å². The predicted octanol–water partition coefficient (Wildman–Crippen LogP) is 2.52. The largest absolute Gasteiger partial charge is 0.323 e. The summed E-state index contributed by atoms with van der Waals surface area (Å²) in [6, 6.07) is 5.99. The molecule has 1 aromatic rings. The highest BCUT2D eigenvalue weighted by Crippen LogP contribution is 2.14. The Labute approximate surface area is 89.9 Å². The van der Waals surface area contributed by atoms with E-state index in [1.165, 1.54) is 12.1 Å². The lowest BCUT2D eigenvalue weighted by atomic mass is 10.3. The van der Waals surface area contributed by atoms with Crippen LogP contribution in [0.15, 0.2) is 29.2 Å². The molecule has 0 radical (unpaired) electrons. The number of carbonyl (C=O) groups excluding carboxylic acids is 1. The van der Waals surface area contributed by atoms with Gasteiger partial charge in [0.2, 0.25) is 6.17 Å². The first-order valence-electron chi connectivity index (χ1n) is 4.03. The van der Waals surface area contributed by atoms with E-state index in [2.05, 4.69) is 12.6 Å². The van der Waals surface area contributed by atoms with Crippen LogP contribution < -0.4 is 5.32 Å². The van der Waals surface area contributed by atoms with E-state index in [4.69, 9.17) is 0 Å². The maximum atomic E-state index is 12.5. The van der Waals surface area contributed by atoms with Crippen LogP contribution in [0, 0.1) is 0 Å². The Bertz CT molecular complexity index is 342. The van der Waals surface area contributed by atoms with Gasteiger partial charge in [0.1, 0.15) is 0 Å². The molecule has 0 bridgehead atoms. The Kier molecular flexibility index (Phi) is 4.02. The van der Waals surface area contributed by atoms with E-state index in [9.17, 15) is 18.0 Å². The van der Waals surface area contributed by atoms with Crippen molar-refractivity contribution in [2.45, 2.75) is 17.5 Å². The number of carbonyl (C=O) groups is 1. The summed E-state index contributed by atoms with van der Waals surface area (Å²) in [6.45, 7) is 0. The third kappa shape index (κ3) is 3.47. The third-order valence-electron chi connectivity index (χ3n) is 1.61. The number of halogens is 3. The molecule has 1 rings (SSSR count). The Hall–Kier alpha value is -1.17. The number of hydrogen-bond acceptors (Lipinski definition) is 2. The zero-order chi connectivity index (χ0) is 11.4. The summed E-state index contributed by atoms with van der Waals surface area (Å²) in [6.07, 6.45) is -6.12. The zero-order valence-electron chi connectivity index (χ0n) is 7.45. The Morgan fingerprint density at radius 2 is 1.73 bits per heavy atom. The van der Waals surface area contributed by atoms with Crippen molar-refractivity contribution in [2.24, 2.45) is 0 Å². The van der Waals surface area contributed by atoms with Gasteiger partial charge in [-0.05, 0) is 24.3 Å². The van der Waals surface area contributed by atoms with Crippen LogP contribution in [0.1, 0.15) is 0 Å². The third-order valence-corrected chi connectivity index (χ3v) is 1.90. The average molecular weight is 235 g/mol. The van der Waals surface area contributed by atoms with Crippen molar-refractivity contribution in [2.75, 3.05) is 5.32 Å². The van der Waals surface area contributed by atoms with Crippen LogP contribution in [-0.4, -0.2) is 18.5 Å². The Balaban J connectivity index is 2.62. The van der Waals surface area contributed by atoms with Gasteiger partial charge in [0.25, 0.3) is 12.3 Å². The minimum atomic E-state index is -3.31. The lowest BCUT2D eigenvalue weighted by Crippen LogP contribution is -2.29. The smallest absolute Gasteiger partial charge is 0.278 e. The fourth-order valence-corrected chi connectivity index (χ4v) is 1.02. The summed E-state index contributed by atoms with van der Waals surface area (Å²) in [5.41, 5.74) is 0.251. The average Bonchev–Trinajstić information content (AvgIpc) is 2.20. The molecule has 0 aliphatic heterocycles. The van der Waals surface area contributed by atoms with Crippen LogP contribution in [0.3, 0.4) is 0 Å². The van der Waals surface area contributed by atoms with Gasteiger partial charge < -0.3 is 5.32 Å². The summed E-state index contributed by atoms with van der Waals surface area (Å²) >= 11 is 3.99. The second-order valence-corrected chi connectivity index (χ2v) is 3.29. The van der Waals surface area contributed by atoms with Crippen molar-refractivity contribution in [3.8, 4) is 0 Å². The number of thiol groups is 1. The lowest BCUT2D eigenvalue weighted by Gasteiger charge is -2.08. The van der Waals surface area contributed by atoms with Gasteiger partial charge in [-0.2, -0.15) is 0 Å². The minimum absolute atomic E-state index is 0.251. The number of benzene rings is 1. The highest BCUT2D eigenvalue weighted by molar-refractivity contribution is 7.80. The van der Waals surface area contributed by atoms with E-state index in [-0.39, 0.29) is 5.69 Å². The van der Waals surface area contributed by atoms with Gasteiger partial charge in [0.05, 0.1) is 0 Å². The predicted molar refractivity (Wildman–Crippen MR) is 53.2 cm³/mol. The highest BCUT2D eigenvalue weighted by Gasteiger charge is 2.27. The summed E-state index contributed by atoms with van der Waals surface area (Å²) in [5.74, 6) is -1.35. The molecule has 0 spiro atoms. The van der Waals surface area contributed by atoms with Crippen molar-refractivity contribution in [3.05, 3.63) is 24.3 Å². The molecule has 6 heteroatoms. The Morgan fingerprint density at radius 3 is 2.20 bits per heavy atom. The SMILES string of the molecule is O=C(Nc1ccc(S)cc1)C(F)C(F)F. The quantitative estimate of drug-likeness (QED) is 0.774. The highest BCUT2D eigenvalue weighted by atomic mass is 32.1. The number of hydrogen-bond donors (Lipinski definition) is 2. The van der Waals surface area contributed by atoms with E-state index in [0.717, 1.165) is 0 Å². The van der Waals surface area contributed by atoms with E-state index < -0.39 is 18.5 Å². The van der Waals surface area contributed by atoms with Crippen molar-refractivity contribution in [3.63, 3.8) is 0 Å². The molecule has 0 aromatic heterocycles. The first-order valence-corrected chi connectivity index (χ1v) is 4.47. The summed E-state index contributed by atoms with van der Waals surface area (Å²) in [5, 5.41) is 2.02. The molecule has 1 atom stereocenters.